The van der Waals surface area contributed by atoms with E-state index < -0.39 is 0 Å². The second kappa shape index (κ2) is 9.37. The second-order valence-electron chi connectivity index (χ2n) is 2.63. The molecule has 0 N–H and O–H groups in total. The topological polar surface area (TPSA) is 0 Å². The molecule has 0 saturated heterocycles. The average molecular weight is 258 g/mol. The maximum Gasteiger partial charge on any atom is 2.00 e. The molecule has 0 aliphatic rings. The van der Waals surface area contributed by atoms with Crippen molar-refractivity contribution >= 4 is 63.0 Å². The van der Waals surface area contributed by atoms with Gasteiger partial charge in [-0.25, -0.2) is 0 Å². The summed E-state index contributed by atoms with van der Waals surface area (Å²) in [4.78, 5) is 1.81. The number of hydrogen-bond donors (Lipinski definition) is 0. The van der Waals surface area contributed by atoms with Crippen LogP contribution in [0.25, 0.3) is 0 Å². The van der Waals surface area contributed by atoms with Gasteiger partial charge >= 0.3 is 37.7 Å². The standard InChI is InChI=1S/2C6H6S.Ca/c2*7-6-4-2-1-3-5-6;/h2*1-5,7H;/q;;+2/p-2. The third-order valence-electron chi connectivity index (χ3n) is 1.49. The van der Waals surface area contributed by atoms with Gasteiger partial charge in [0.25, 0.3) is 0 Å². The molecule has 3 heteroatoms. The van der Waals surface area contributed by atoms with Crippen LogP contribution in [0.1, 0.15) is 0 Å². The van der Waals surface area contributed by atoms with E-state index in [-0.39, 0.29) is 37.7 Å². The van der Waals surface area contributed by atoms with E-state index in [1.54, 1.807) is 0 Å². The largest absolute Gasteiger partial charge is 2.00 e. The smallest absolute Gasteiger partial charge is 0.780 e. The quantitative estimate of drug-likeness (QED) is 0.526. The zero-order valence-electron chi connectivity index (χ0n) is 8.30. The predicted octanol–water partition coefficient (Wildman–Crippen LogP) is 2.80. The van der Waals surface area contributed by atoms with Crippen molar-refractivity contribution < 1.29 is 0 Å². The molecule has 72 valence electrons. The summed E-state index contributed by atoms with van der Waals surface area (Å²) in [6.07, 6.45) is 0. The summed E-state index contributed by atoms with van der Waals surface area (Å²) in [5.41, 5.74) is 0. The van der Waals surface area contributed by atoms with E-state index in [4.69, 9.17) is 25.3 Å². The summed E-state index contributed by atoms with van der Waals surface area (Å²) in [6.45, 7) is 0. The number of rotatable bonds is 0. The van der Waals surface area contributed by atoms with Gasteiger partial charge in [0, 0.05) is 0 Å². The minimum absolute atomic E-state index is 0. The van der Waals surface area contributed by atoms with E-state index in [1.807, 2.05) is 60.7 Å². The van der Waals surface area contributed by atoms with Gasteiger partial charge in [-0.05, 0) is 0 Å². The summed E-state index contributed by atoms with van der Waals surface area (Å²) in [6, 6.07) is 19.2. The molecule has 0 amide bonds. The van der Waals surface area contributed by atoms with Gasteiger partial charge < -0.3 is 25.3 Å². The Morgan fingerprint density at radius 2 is 0.800 bits per heavy atom. The van der Waals surface area contributed by atoms with Crippen LogP contribution in [-0.4, -0.2) is 37.7 Å². The first kappa shape index (κ1) is 15.1. The molecule has 0 unspecified atom stereocenters. The third kappa shape index (κ3) is 8.00. The van der Waals surface area contributed by atoms with Crippen LogP contribution >= 0.6 is 0 Å². The van der Waals surface area contributed by atoms with E-state index in [0.29, 0.717) is 0 Å². The summed E-state index contributed by atoms with van der Waals surface area (Å²) in [7, 11) is 0. The first-order valence-electron chi connectivity index (χ1n) is 4.23. The van der Waals surface area contributed by atoms with Crippen molar-refractivity contribution in [3.63, 3.8) is 0 Å². The van der Waals surface area contributed by atoms with E-state index in [9.17, 15) is 0 Å². The van der Waals surface area contributed by atoms with Gasteiger partial charge in [-0.3, -0.25) is 0 Å². The molecule has 0 fully saturated rings. The first-order chi connectivity index (χ1) is 6.79. The molecule has 0 heterocycles. The molecule has 2 aromatic carbocycles. The Hall–Kier alpha value is 0.140. The van der Waals surface area contributed by atoms with Gasteiger partial charge in [0.1, 0.15) is 0 Å². The van der Waals surface area contributed by atoms with Crippen LogP contribution in [0.2, 0.25) is 0 Å². The zero-order valence-corrected chi connectivity index (χ0v) is 12.1. The molecule has 0 atom stereocenters. The van der Waals surface area contributed by atoms with E-state index >= 15 is 0 Å². The van der Waals surface area contributed by atoms with Gasteiger partial charge in [0.2, 0.25) is 0 Å². The molecule has 0 radical (unpaired) electrons. The Labute approximate surface area is 132 Å². The van der Waals surface area contributed by atoms with Crippen molar-refractivity contribution in [2.45, 2.75) is 9.79 Å². The van der Waals surface area contributed by atoms with Crippen LogP contribution in [0, 0.1) is 0 Å². The summed E-state index contributed by atoms with van der Waals surface area (Å²) in [5, 5.41) is 0. The molecule has 0 saturated carbocycles. The summed E-state index contributed by atoms with van der Waals surface area (Å²) >= 11 is 9.62. The molecular weight excluding hydrogens is 248 g/mol. The van der Waals surface area contributed by atoms with Crippen molar-refractivity contribution in [2.75, 3.05) is 0 Å². The minimum atomic E-state index is 0. The van der Waals surface area contributed by atoms with Crippen LogP contribution in [0.15, 0.2) is 70.5 Å². The van der Waals surface area contributed by atoms with Crippen molar-refractivity contribution in [3.05, 3.63) is 60.7 Å². The predicted molar refractivity (Wildman–Crippen MR) is 69.9 cm³/mol. The third-order valence-corrected chi connectivity index (χ3v) is 2.03. The fourth-order valence-electron chi connectivity index (χ4n) is 0.841. The van der Waals surface area contributed by atoms with Crippen molar-refractivity contribution in [2.24, 2.45) is 0 Å². The Morgan fingerprint density at radius 3 is 0.933 bits per heavy atom. The monoisotopic (exact) mass is 258 g/mol. The van der Waals surface area contributed by atoms with Crippen LogP contribution < -0.4 is 0 Å². The van der Waals surface area contributed by atoms with Crippen molar-refractivity contribution in [3.8, 4) is 0 Å². The number of benzene rings is 2. The summed E-state index contributed by atoms with van der Waals surface area (Å²) in [5.74, 6) is 0. The van der Waals surface area contributed by atoms with E-state index in [2.05, 4.69) is 0 Å². The normalized spacial score (nSPS) is 8.00. The van der Waals surface area contributed by atoms with Gasteiger partial charge in [-0.15, -0.1) is 0 Å². The maximum atomic E-state index is 4.81. The van der Waals surface area contributed by atoms with Gasteiger partial charge in [0.15, 0.2) is 0 Å². The molecule has 0 nitrogen and oxygen atoms in total. The van der Waals surface area contributed by atoms with Crippen LogP contribution in [-0.2, 0) is 25.3 Å². The molecule has 0 aliphatic heterocycles. The van der Waals surface area contributed by atoms with Crippen LogP contribution in [0.3, 0.4) is 0 Å². The average Bonchev–Trinajstić information content (AvgIpc) is 2.21. The molecule has 2 aromatic rings. The van der Waals surface area contributed by atoms with Gasteiger partial charge in [-0.2, -0.15) is 9.79 Å². The molecule has 0 bridgehead atoms. The molecule has 0 spiro atoms. The molecule has 0 aromatic heterocycles. The molecule has 0 aliphatic carbocycles. The molecular formula is C12H10CaS2. The Kier molecular flexibility index (Phi) is 9.46. The second-order valence-corrected chi connectivity index (χ2v) is 3.57. The Bertz CT molecular complexity index is 311. The fraction of sp³-hybridized carbons (Fsp3) is 0. The van der Waals surface area contributed by atoms with Crippen molar-refractivity contribution in [1.29, 1.82) is 0 Å². The minimum Gasteiger partial charge on any atom is -0.780 e. The van der Waals surface area contributed by atoms with Gasteiger partial charge in [-0.1, -0.05) is 60.7 Å². The summed E-state index contributed by atoms with van der Waals surface area (Å²) < 4.78 is 0. The Morgan fingerprint density at radius 1 is 0.533 bits per heavy atom. The van der Waals surface area contributed by atoms with Crippen LogP contribution in [0.5, 0.6) is 0 Å². The number of hydrogen-bond acceptors (Lipinski definition) is 2. The SMILES string of the molecule is [Ca+2].[S-]c1ccccc1.[S-]c1ccccc1. The maximum absolute atomic E-state index is 4.81. The zero-order chi connectivity index (χ0) is 10.2. The van der Waals surface area contributed by atoms with Gasteiger partial charge in [0.05, 0.1) is 0 Å². The van der Waals surface area contributed by atoms with E-state index in [1.165, 1.54) is 0 Å². The van der Waals surface area contributed by atoms with Crippen LogP contribution in [0.4, 0.5) is 0 Å². The molecule has 15 heavy (non-hydrogen) atoms. The van der Waals surface area contributed by atoms with E-state index in [0.717, 1.165) is 9.79 Å². The van der Waals surface area contributed by atoms with Crippen molar-refractivity contribution in [1.82, 2.24) is 0 Å². The molecule has 2 rings (SSSR count). The first-order valence-corrected chi connectivity index (χ1v) is 5.05. The fourth-order valence-corrected chi connectivity index (χ4v) is 1.16. The Balaban J connectivity index is 0.000000245.